The molecule has 0 nitrogen and oxygen atoms in total. The SMILES string of the molecule is CCCCC[C@H]1CC[C@H](CC[C@H]2CC[C@H](CCc3ccc(F)c(F)c3)CC2)CC1. The van der Waals surface area contributed by atoms with Gasteiger partial charge in [-0.05, 0) is 54.2 Å². The van der Waals surface area contributed by atoms with Crippen LogP contribution in [0.2, 0.25) is 0 Å². The van der Waals surface area contributed by atoms with Crippen molar-refractivity contribution >= 4 is 0 Å². The molecule has 0 saturated heterocycles. The minimum atomic E-state index is -0.737. The van der Waals surface area contributed by atoms with E-state index in [-0.39, 0.29) is 0 Å². The molecule has 2 aliphatic carbocycles. The van der Waals surface area contributed by atoms with E-state index >= 15 is 0 Å². The van der Waals surface area contributed by atoms with Gasteiger partial charge in [-0.25, -0.2) is 8.78 Å². The average Bonchev–Trinajstić information content (AvgIpc) is 2.75. The largest absolute Gasteiger partial charge is 0.204 e. The van der Waals surface area contributed by atoms with Crippen LogP contribution in [0.4, 0.5) is 8.78 Å². The molecule has 0 aromatic heterocycles. The molecular weight excluding hydrogens is 362 g/mol. The summed E-state index contributed by atoms with van der Waals surface area (Å²) in [7, 11) is 0. The number of aryl methyl sites for hydroxylation is 1. The Morgan fingerprint density at radius 3 is 1.69 bits per heavy atom. The smallest absolute Gasteiger partial charge is 0.159 e. The number of rotatable bonds is 10. The van der Waals surface area contributed by atoms with E-state index in [2.05, 4.69) is 6.92 Å². The third kappa shape index (κ3) is 7.68. The molecule has 1 aromatic rings. The Hall–Kier alpha value is -0.920. The van der Waals surface area contributed by atoms with Crippen molar-refractivity contribution in [3.05, 3.63) is 35.4 Å². The molecule has 0 radical (unpaired) electrons. The Morgan fingerprint density at radius 1 is 0.655 bits per heavy atom. The standard InChI is InChI=1S/C27H42F2/c1-2-3-4-5-21-6-8-22(9-7-21)10-11-23-12-14-24(15-13-23)16-17-25-18-19-26(28)27(29)20-25/h18-24H,2-17H2,1H3/t21-,22-,23-,24-. The fraction of sp³-hybridized carbons (Fsp3) is 0.778. The molecule has 2 heteroatoms. The predicted octanol–water partition coefficient (Wildman–Crippen LogP) is 8.87. The van der Waals surface area contributed by atoms with Crippen LogP contribution in [0.3, 0.4) is 0 Å². The zero-order valence-corrected chi connectivity index (χ0v) is 18.6. The fourth-order valence-electron chi connectivity index (χ4n) is 5.84. The van der Waals surface area contributed by atoms with E-state index in [1.54, 1.807) is 6.07 Å². The van der Waals surface area contributed by atoms with Crippen LogP contribution >= 0.6 is 0 Å². The summed E-state index contributed by atoms with van der Waals surface area (Å²) in [6.45, 7) is 2.30. The van der Waals surface area contributed by atoms with Gasteiger partial charge in [-0.3, -0.25) is 0 Å². The highest BCUT2D eigenvalue weighted by atomic mass is 19.2. The minimum absolute atomic E-state index is 0.707. The van der Waals surface area contributed by atoms with Gasteiger partial charge in [0, 0.05) is 0 Å². The molecule has 0 heterocycles. The van der Waals surface area contributed by atoms with Crippen molar-refractivity contribution in [2.24, 2.45) is 23.7 Å². The van der Waals surface area contributed by atoms with Crippen LogP contribution < -0.4 is 0 Å². The van der Waals surface area contributed by atoms with Gasteiger partial charge in [0.1, 0.15) is 0 Å². The van der Waals surface area contributed by atoms with Gasteiger partial charge in [-0.2, -0.15) is 0 Å². The van der Waals surface area contributed by atoms with Crippen molar-refractivity contribution in [3.63, 3.8) is 0 Å². The number of hydrogen-bond acceptors (Lipinski definition) is 0. The van der Waals surface area contributed by atoms with Crippen LogP contribution in [0.5, 0.6) is 0 Å². The van der Waals surface area contributed by atoms with E-state index in [4.69, 9.17) is 0 Å². The number of benzene rings is 1. The second-order valence-electron chi connectivity index (χ2n) is 10.1. The number of hydrogen-bond donors (Lipinski definition) is 0. The molecular formula is C27H42F2. The highest BCUT2D eigenvalue weighted by Crippen LogP contribution is 2.38. The van der Waals surface area contributed by atoms with E-state index in [1.165, 1.54) is 102 Å². The van der Waals surface area contributed by atoms with Gasteiger partial charge in [-0.1, -0.05) is 103 Å². The van der Waals surface area contributed by atoms with Gasteiger partial charge in [0.05, 0.1) is 0 Å². The third-order valence-electron chi connectivity index (χ3n) is 7.96. The molecule has 0 atom stereocenters. The molecule has 2 aliphatic rings. The van der Waals surface area contributed by atoms with Crippen molar-refractivity contribution in [2.75, 3.05) is 0 Å². The molecule has 0 spiro atoms. The van der Waals surface area contributed by atoms with Crippen LogP contribution in [-0.2, 0) is 6.42 Å². The first-order valence-corrected chi connectivity index (χ1v) is 12.6. The molecule has 29 heavy (non-hydrogen) atoms. The maximum atomic E-state index is 13.4. The zero-order valence-electron chi connectivity index (χ0n) is 18.6. The Kier molecular flexibility index (Phi) is 9.46. The summed E-state index contributed by atoms with van der Waals surface area (Å²) < 4.78 is 26.4. The predicted molar refractivity (Wildman–Crippen MR) is 119 cm³/mol. The maximum absolute atomic E-state index is 13.4. The van der Waals surface area contributed by atoms with Crippen LogP contribution in [0.1, 0.15) is 109 Å². The van der Waals surface area contributed by atoms with Gasteiger partial charge < -0.3 is 0 Å². The first kappa shape index (κ1) is 22.8. The minimum Gasteiger partial charge on any atom is -0.204 e. The molecule has 2 fully saturated rings. The summed E-state index contributed by atoms with van der Waals surface area (Å²) in [6, 6.07) is 4.38. The second kappa shape index (κ2) is 12.1. The van der Waals surface area contributed by atoms with Crippen LogP contribution in [0.25, 0.3) is 0 Å². The maximum Gasteiger partial charge on any atom is 0.159 e. The molecule has 0 aliphatic heterocycles. The Morgan fingerprint density at radius 2 is 1.17 bits per heavy atom. The highest BCUT2D eigenvalue weighted by Gasteiger charge is 2.24. The molecule has 3 rings (SSSR count). The zero-order chi connectivity index (χ0) is 20.5. The topological polar surface area (TPSA) is 0 Å². The molecule has 0 N–H and O–H groups in total. The number of unbranched alkanes of at least 4 members (excludes halogenated alkanes) is 2. The average molecular weight is 405 g/mol. The van der Waals surface area contributed by atoms with Gasteiger partial charge in [0.2, 0.25) is 0 Å². The van der Waals surface area contributed by atoms with Crippen molar-refractivity contribution in [3.8, 4) is 0 Å². The first-order valence-electron chi connectivity index (χ1n) is 12.6. The lowest BCUT2D eigenvalue weighted by Gasteiger charge is -2.32. The molecule has 0 bridgehead atoms. The van der Waals surface area contributed by atoms with Crippen molar-refractivity contribution in [1.82, 2.24) is 0 Å². The quantitative estimate of drug-likeness (QED) is 0.342. The van der Waals surface area contributed by atoms with Gasteiger partial charge in [-0.15, -0.1) is 0 Å². The van der Waals surface area contributed by atoms with E-state index in [0.717, 1.165) is 42.1 Å². The van der Waals surface area contributed by atoms with Gasteiger partial charge in [0.25, 0.3) is 0 Å². The van der Waals surface area contributed by atoms with Crippen LogP contribution in [0.15, 0.2) is 18.2 Å². The summed E-state index contributed by atoms with van der Waals surface area (Å²) in [5, 5.41) is 0. The third-order valence-corrected chi connectivity index (χ3v) is 7.96. The van der Waals surface area contributed by atoms with E-state index < -0.39 is 11.6 Å². The summed E-state index contributed by atoms with van der Waals surface area (Å²) in [5.74, 6) is 2.31. The van der Waals surface area contributed by atoms with Crippen LogP contribution in [0, 0.1) is 35.3 Å². The monoisotopic (exact) mass is 404 g/mol. The Balaban J connectivity index is 1.26. The number of halogens is 2. The van der Waals surface area contributed by atoms with Crippen LogP contribution in [-0.4, -0.2) is 0 Å². The van der Waals surface area contributed by atoms with E-state index in [1.807, 2.05) is 0 Å². The summed E-state index contributed by atoms with van der Waals surface area (Å²) in [5.41, 5.74) is 0.941. The summed E-state index contributed by atoms with van der Waals surface area (Å²) >= 11 is 0. The first-order chi connectivity index (χ1) is 14.1. The van der Waals surface area contributed by atoms with Gasteiger partial charge in [0.15, 0.2) is 11.6 Å². The molecule has 0 amide bonds. The molecule has 0 unspecified atom stereocenters. The van der Waals surface area contributed by atoms with E-state index in [9.17, 15) is 8.78 Å². The molecule has 1 aromatic carbocycles. The van der Waals surface area contributed by atoms with Crippen molar-refractivity contribution in [1.29, 1.82) is 0 Å². The Labute approximate surface area is 177 Å². The molecule has 164 valence electrons. The van der Waals surface area contributed by atoms with E-state index in [0.29, 0.717) is 0 Å². The normalized spacial score (nSPS) is 27.8. The second-order valence-corrected chi connectivity index (χ2v) is 10.1. The van der Waals surface area contributed by atoms with Gasteiger partial charge >= 0.3 is 0 Å². The summed E-state index contributed by atoms with van der Waals surface area (Å²) in [4.78, 5) is 0. The van der Waals surface area contributed by atoms with Crippen molar-refractivity contribution < 1.29 is 8.78 Å². The lowest BCUT2D eigenvalue weighted by molar-refractivity contribution is 0.208. The Bertz CT molecular complexity index is 580. The summed E-state index contributed by atoms with van der Waals surface area (Å²) in [6.07, 6.45) is 22.0. The van der Waals surface area contributed by atoms with Crippen molar-refractivity contribution in [2.45, 2.75) is 110 Å². The lowest BCUT2D eigenvalue weighted by Crippen LogP contribution is -2.18. The fourth-order valence-corrected chi connectivity index (χ4v) is 5.84. The highest BCUT2D eigenvalue weighted by molar-refractivity contribution is 5.17. The molecule has 2 saturated carbocycles. The lowest BCUT2D eigenvalue weighted by atomic mass is 9.74.